The monoisotopic (exact) mass is 337 g/mol. The number of hydrogen-bond donors (Lipinski definition) is 2. The SMILES string of the molecule is C[C@H](NS(=O)(=O)CCc1ccccc1)[C@@H](O)c1ccc(F)cc1. The summed E-state index contributed by atoms with van der Waals surface area (Å²) >= 11 is 0. The van der Waals surface area contributed by atoms with Crippen LogP contribution in [0.5, 0.6) is 0 Å². The highest BCUT2D eigenvalue weighted by molar-refractivity contribution is 7.89. The highest BCUT2D eigenvalue weighted by Gasteiger charge is 2.22. The molecule has 2 aromatic rings. The Morgan fingerprint density at radius 2 is 1.70 bits per heavy atom. The second-order valence-electron chi connectivity index (χ2n) is 5.46. The minimum Gasteiger partial charge on any atom is -0.387 e. The normalized spacial score (nSPS) is 14.4. The van der Waals surface area contributed by atoms with Crippen LogP contribution in [0.2, 0.25) is 0 Å². The summed E-state index contributed by atoms with van der Waals surface area (Å²) in [5.74, 6) is -0.464. The van der Waals surface area contributed by atoms with Crippen molar-refractivity contribution in [2.24, 2.45) is 0 Å². The predicted octanol–water partition coefficient (Wildman–Crippen LogP) is 2.41. The minimum absolute atomic E-state index is 0.0580. The molecule has 0 aromatic heterocycles. The highest BCUT2D eigenvalue weighted by atomic mass is 32.2. The molecule has 0 fully saturated rings. The van der Waals surface area contributed by atoms with E-state index >= 15 is 0 Å². The molecule has 0 bridgehead atoms. The van der Waals surface area contributed by atoms with Gasteiger partial charge in [0.25, 0.3) is 0 Å². The van der Waals surface area contributed by atoms with Crippen molar-refractivity contribution in [3.05, 3.63) is 71.5 Å². The fourth-order valence-electron chi connectivity index (χ4n) is 2.25. The third-order valence-electron chi connectivity index (χ3n) is 3.55. The van der Waals surface area contributed by atoms with Gasteiger partial charge in [-0.15, -0.1) is 0 Å². The maximum absolute atomic E-state index is 12.9. The lowest BCUT2D eigenvalue weighted by Crippen LogP contribution is -2.38. The Bertz CT molecular complexity index is 717. The van der Waals surface area contributed by atoms with Crippen LogP contribution in [0.1, 0.15) is 24.2 Å². The van der Waals surface area contributed by atoms with E-state index in [0.29, 0.717) is 12.0 Å². The second kappa shape index (κ2) is 7.68. The molecule has 4 nitrogen and oxygen atoms in total. The van der Waals surface area contributed by atoms with Gasteiger partial charge in [0.2, 0.25) is 10.0 Å². The first-order valence-electron chi connectivity index (χ1n) is 7.35. The smallest absolute Gasteiger partial charge is 0.212 e. The number of sulfonamides is 1. The number of hydrogen-bond acceptors (Lipinski definition) is 3. The second-order valence-corrected chi connectivity index (χ2v) is 7.33. The van der Waals surface area contributed by atoms with Crippen molar-refractivity contribution in [1.29, 1.82) is 0 Å². The van der Waals surface area contributed by atoms with Crippen molar-refractivity contribution < 1.29 is 17.9 Å². The molecule has 0 heterocycles. The van der Waals surface area contributed by atoms with E-state index < -0.39 is 28.0 Å². The molecule has 2 rings (SSSR count). The quantitative estimate of drug-likeness (QED) is 0.815. The summed E-state index contributed by atoms with van der Waals surface area (Å²) in [5.41, 5.74) is 1.40. The van der Waals surface area contributed by atoms with Gasteiger partial charge in [0.05, 0.1) is 11.9 Å². The van der Waals surface area contributed by atoms with Gasteiger partial charge in [-0.3, -0.25) is 0 Å². The van der Waals surface area contributed by atoms with Crippen molar-refractivity contribution in [3.8, 4) is 0 Å². The van der Waals surface area contributed by atoms with Crippen LogP contribution in [0.4, 0.5) is 4.39 Å². The standard InChI is InChI=1S/C17H20FNO3S/c1-13(17(20)15-7-9-16(18)10-8-15)19-23(21,22)12-11-14-5-3-2-4-6-14/h2-10,13,17,19-20H,11-12H2,1H3/t13-,17+/m0/s1. The van der Waals surface area contributed by atoms with Gasteiger partial charge in [0.15, 0.2) is 0 Å². The van der Waals surface area contributed by atoms with Gasteiger partial charge in [-0.1, -0.05) is 42.5 Å². The topological polar surface area (TPSA) is 66.4 Å². The zero-order valence-electron chi connectivity index (χ0n) is 12.8. The van der Waals surface area contributed by atoms with Gasteiger partial charge in [-0.05, 0) is 36.6 Å². The summed E-state index contributed by atoms with van der Waals surface area (Å²) in [6.07, 6.45) is -0.641. The number of aliphatic hydroxyl groups is 1. The Morgan fingerprint density at radius 1 is 1.09 bits per heavy atom. The molecular formula is C17H20FNO3S. The van der Waals surface area contributed by atoms with Gasteiger partial charge in [0.1, 0.15) is 5.82 Å². The number of aryl methyl sites for hydroxylation is 1. The Labute approximate surface area is 136 Å². The van der Waals surface area contributed by atoms with Crippen LogP contribution in [-0.2, 0) is 16.4 Å². The van der Waals surface area contributed by atoms with E-state index in [4.69, 9.17) is 0 Å². The summed E-state index contributed by atoms with van der Waals surface area (Å²) in [5, 5.41) is 10.2. The van der Waals surface area contributed by atoms with Gasteiger partial charge in [-0.25, -0.2) is 17.5 Å². The molecule has 124 valence electrons. The number of halogens is 1. The third kappa shape index (κ3) is 5.42. The molecule has 0 amide bonds. The van der Waals surface area contributed by atoms with Crippen LogP contribution in [0.15, 0.2) is 54.6 Å². The molecule has 0 aliphatic heterocycles. The van der Waals surface area contributed by atoms with Gasteiger partial charge < -0.3 is 5.11 Å². The summed E-state index contributed by atoms with van der Waals surface area (Å²) in [7, 11) is -3.52. The molecule has 0 unspecified atom stereocenters. The average molecular weight is 337 g/mol. The molecular weight excluding hydrogens is 317 g/mol. The molecule has 2 atom stereocenters. The Hall–Kier alpha value is -1.76. The van der Waals surface area contributed by atoms with Crippen LogP contribution in [-0.4, -0.2) is 25.3 Å². The van der Waals surface area contributed by atoms with E-state index in [1.807, 2.05) is 30.3 Å². The van der Waals surface area contributed by atoms with Crippen LogP contribution < -0.4 is 4.72 Å². The Kier molecular flexibility index (Phi) is 5.87. The van der Waals surface area contributed by atoms with E-state index in [0.717, 1.165) is 5.56 Å². The molecule has 0 aliphatic rings. The lowest BCUT2D eigenvalue weighted by Gasteiger charge is -2.20. The molecule has 0 radical (unpaired) electrons. The molecule has 0 saturated carbocycles. The average Bonchev–Trinajstić information content (AvgIpc) is 2.54. The highest BCUT2D eigenvalue weighted by Crippen LogP contribution is 2.17. The first kappa shape index (κ1) is 17.6. The lowest BCUT2D eigenvalue weighted by molar-refractivity contribution is 0.146. The molecule has 0 spiro atoms. The molecule has 23 heavy (non-hydrogen) atoms. The van der Waals surface area contributed by atoms with E-state index in [-0.39, 0.29) is 5.75 Å². The van der Waals surface area contributed by atoms with E-state index in [9.17, 15) is 17.9 Å². The van der Waals surface area contributed by atoms with Crippen LogP contribution >= 0.6 is 0 Å². The fraction of sp³-hybridized carbons (Fsp3) is 0.294. The van der Waals surface area contributed by atoms with E-state index in [2.05, 4.69) is 4.72 Å². The van der Waals surface area contributed by atoms with Crippen LogP contribution in [0.3, 0.4) is 0 Å². The zero-order valence-corrected chi connectivity index (χ0v) is 13.6. The lowest BCUT2D eigenvalue weighted by atomic mass is 10.0. The molecule has 2 N–H and O–H groups in total. The number of nitrogens with one attached hydrogen (secondary N) is 1. The maximum atomic E-state index is 12.9. The van der Waals surface area contributed by atoms with Crippen molar-refractivity contribution >= 4 is 10.0 Å². The number of aliphatic hydroxyl groups excluding tert-OH is 1. The molecule has 0 aliphatic carbocycles. The largest absolute Gasteiger partial charge is 0.387 e. The Balaban J connectivity index is 1.94. The first-order valence-corrected chi connectivity index (χ1v) is 9.00. The molecule has 6 heteroatoms. The predicted molar refractivity (Wildman–Crippen MR) is 87.9 cm³/mol. The Morgan fingerprint density at radius 3 is 2.30 bits per heavy atom. The van der Waals surface area contributed by atoms with Gasteiger partial charge in [0, 0.05) is 6.04 Å². The van der Waals surface area contributed by atoms with Gasteiger partial charge in [-0.2, -0.15) is 0 Å². The van der Waals surface area contributed by atoms with E-state index in [1.54, 1.807) is 6.92 Å². The molecule has 2 aromatic carbocycles. The summed E-state index contributed by atoms with van der Waals surface area (Å²) < 4.78 is 39.6. The van der Waals surface area contributed by atoms with Crippen molar-refractivity contribution in [2.45, 2.75) is 25.5 Å². The minimum atomic E-state index is -3.52. The van der Waals surface area contributed by atoms with Crippen molar-refractivity contribution in [2.75, 3.05) is 5.75 Å². The van der Waals surface area contributed by atoms with Crippen molar-refractivity contribution in [1.82, 2.24) is 4.72 Å². The number of benzene rings is 2. The van der Waals surface area contributed by atoms with Crippen LogP contribution in [0.25, 0.3) is 0 Å². The van der Waals surface area contributed by atoms with Crippen LogP contribution in [0, 0.1) is 5.82 Å². The fourth-order valence-corrected chi connectivity index (χ4v) is 3.57. The molecule has 0 saturated heterocycles. The summed E-state index contributed by atoms with van der Waals surface area (Å²) in [6, 6.07) is 14.0. The van der Waals surface area contributed by atoms with Gasteiger partial charge >= 0.3 is 0 Å². The maximum Gasteiger partial charge on any atom is 0.212 e. The van der Waals surface area contributed by atoms with Crippen molar-refractivity contribution in [3.63, 3.8) is 0 Å². The summed E-state index contributed by atoms with van der Waals surface area (Å²) in [4.78, 5) is 0. The summed E-state index contributed by atoms with van der Waals surface area (Å²) in [6.45, 7) is 1.58. The number of rotatable bonds is 7. The zero-order chi connectivity index (χ0) is 16.9. The first-order chi connectivity index (χ1) is 10.9. The van der Waals surface area contributed by atoms with E-state index in [1.165, 1.54) is 24.3 Å². The third-order valence-corrected chi connectivity index (χ3v) is 5.03.